The zero-order valence-electron chi connectivity index (χ0n) is 10.7. The molecule has 0 saturated heterocycles. The third kappa shape index (κ3) is 3.81. The molecule has 18 heavy (non-hydrogen) atoms. The number of nitro groups is 1. The maximum Gasteiger partial charge on any atom is 0.354 e. The Labute approximate surface area is 105 Å². The van der Waals surface area contributed by atoms with Crippen LogP contribution < -0.4 is 16.6 Å². The predicted molar refractivity (Wildman–Crippen MR) is 69.1 cm³/mol. The molecule has 0 aliphatic rings. The molecule has 0 aromatic carbocycles. The molecule has 1 heterocycles. The summed E-state index contributed by atoms with van der Waals surface area (Å²) in [5, 5.41) is 13.9. The number of nitrogens with one attached hydrogen (secondary N) is 2. The molecule has 0 fully saturated rings. The van der Waals surface area contributed by atoms with Crippen LogP contribution in [0.1, 0.15) is 27.2 Å². The average Bonchev–Trinajstić information content (AvgIpc) is 2.26. The summed E-state index contributed by atoms with van der Waals surface area (Å²) >= 11 is 0. The quantitative estimate of drug-likeness (QED) is 0.414. The lowest BCUT2D eigenvalue weighted by Gasteiger charge is -2.18. The van der Waals surface area contributed by atoms with Gasteiger partial charge in [-0.3, -0.25) is 10.1 Å². The Morgan fingerprint density at radius 1 is 1.39 bits per heavy atom. The molecule has 1 aromatic rings. The van der Waals surface area contributed by atoms with Gasteiger partial charge >= 0.3 is 5.69 Å². The van der Waals surface area contributed by atoms with Crippen LogP contribution >= 0.6 is 0 Å². The number of nitrogens with zero attached hydrogens (tertiary/aromatic N) is 3. The van der Waals surface area contributed by atoms with Crippen LogP contribution in [0.15, 0.2) is 6.33 Å². The highest BCUT2D eigenvalue weighted by Gasteiger charge is 2.22. The van der Waals surface area contributed by atoms with E-state index in [1.807, 2.05) is 0 Å². The molecule has 0 aliphatic heterocycles. The van der Waals surface area contributed by atoms with Gasteiger partial charge in [0, 0.05) is 6.54 Å². The van der Waals surface area contributed by atoms with Gasteiger partial charge in [-0.25, -0.2) is 15.8 Å². The van der Waals surface area contributed by atoms with Crippen LogP contribution in [0.3, 0.4) is 0 Å². The summed E-state index contributed by atoms with van der Waals surface area (Å²) in [5.74, 6) is 5.35. The molecule has 0 unspecified atom stereocenters. The smallest absolute Gasteiger partial charge is 0.354 e. The largest absolute Gasteiger partial charge is 0.364 e. The molecule has 1 rings (SSSR count). The van der Waals surface area contributed by atoms with Gasteiger partial charge in [-0.05, 0) is 11.8 Å². The normalized spacial score (nSPS) is 11.1. The lowest BCUT2D eigenvalue weighted by atomic mass is 9.92. The topological polar surface area (TPSA) is 119 Å². The van der Waals surface area contributed by atoms with Crippen molar-refractivity contribution in [2.75, 3.05) is 17.3 Å². The molecule has 0 atom stereocenters. The zero-order chi connectivity index (χ0) is 13.8. The Bertz CT molecular complexity index is 429. The van der Waals surface area contributed by atoms with Crippen LogP contribution in [-0.2, 0) is 0 Å². The van der Waals surface area contributed by atoms with Gasteiger partial charge in [0.2, 0.25) is 11.6 Å². The van der Waals surface area contributed by atoms with Crippen molar-refractivity contribution >= 4 is 17.3 Å². The van der Waals surface area contributed by atoms with Crippen molar-refractivity contribution in [3.8, 4) is 0 Å². The first-order chi connectivity index (χ1) is 8.35. The van der Waals surface area contributed by atoms with Gasteiger partial charge in [0.25, 0.3) is 0 Å². The molecule has 0 spiro atoms. The van der Waals surface area contributed by atoms with Gasteiger partial charge in [0.1, 0.15) is 6.33 Å². The SMILES string of the molecule is CC(C)(C)CCNc1ncnc(NN)c1[N+](=O)[O-]. The summed E-state index contributed by atoms with van der Waals surface area (Å²) in [5.41, 5.74) is 2.09. The third-order valence-corrected chi connectivity index (χ3v) is 2.31. The van der Waals surface area contributed by atoms with Gasteiger partial charge < -0.3 is 10.7 Å². The number of hydrazine groups is 1. The Balaban J connectivity index is 2.85. The van der Waals surface area contributed by atoms with E-state index < -0.39 is 4.92 Å². The number of anilines is 2. The number of hydrogen-bond acceptors (Lipinski definition) is 7. The number of hydrogen-bond donors (Lipinski definition) is 3. The van der Waals surface area contributed by atoms with Crippen molar-refractivity contribution in [2.24, 2.45) is 11.3 Å². The van der Waals surface area contributed by atoms with E-state index in [9.17, 15) is 10.1 Å². The first-order valence-corrected chi connectivity index (χ1v) is 5.55. The molecule has 100 valence electrons. The molecule has 1 aromatic heterocycles. The van der Waals surface area contributed by atoms with Gasteiger partial charge in [0.15, 0.2) is 0 Å². The Kier molecular flexibility index (Phi) is 4.38. The second-order valence-corrected chi connectivity index (χ2v) is 5.06. The predicted octanol–water partition coefficient (Wildman–Crippen LogP) is 1.52. The molecule has 0 amide bonds. The molecule has 0 bridgehead atoms. The van der Waals surface area contributed by atoms with Crippen molar-refractivity contribution in [1.82, 2.24) is 9.97 Å². The second kappa shape index (κ2) is 5.58. The molecule has 0 radical (unpaired) electrons. The fourth-order valence-electron chi connectivity index (χ4n) is 1.34. The molecular weight excluding hydrogens is 236 g/mol. The van der Waals surface area contributed by atoms with Crippen molar-refractivity contribution in [2.45, 2.75) is 27.2 Å². The average molecular weight is 254 g/mol. The van der Waals surface area contributed by atoms with E-state index in [-0.39, 0.29) is 22.7 Å². The van der Waals surface area contributed by atoms with Crippen LogP contribution in [0.5, 0.6) is 0 Å². The monoisotopic (exact) mass is 254 g/mol. The molecule has 0 saturated carbocycles. The van der Waals surface area contributed by atoms with Gasteiger partial charge in [-0.15, -0.1) is 0 Å². The number of aromatic nitrogens is 2. The second-order valence-electron chi connectivity index (χ2n) is 5.06. The van der Waals surface area contributed by atoms with E-state index in [1.54, 1.807) is 0 Å². The summed E-state index contributed by atoms with van der Waals surface area (Å²) in [6.07, 6.45) is 2.08. The third-order valence-electron chi connectivity index (χ3n) is 2.31. The van der Waals surface area contributed by atoms with Gasteiger partial charge in [0.05, 0.1) is 4.92 Å². The zero-order valence-corrected chi connectivity index (χ0v) is 10.7. The molecule has 8 nitrogen and oxygen atoms in total. The fraction of sp³-hybridized carbons (Fsp3) is 0.600. The number of nitrogen functional groups attached to an aromatic ring is 1. The van der Waals surface area contributed by atoms with Crippen LogP contribution in [0.4, 0.5) is 17.3 Å². The van der Waals surface area contributed by atoms with E-state index in [0.29, 0.717) is 6.54 Å². The van der Waals surface area contributed by atoms with Crippen LogP contribution in [0, 0.1) is 15.5 Å². The van der Waals surface area contributed by atoms with Crippen molar-refractivity contribution < 1.29 is 4.92 Å². The number of nitrogens with two attached hydrogens (primary N) is 1. The van der Waals surface area contributed by atoms with Crippen LogP contribution in [0.2, 0.25) is 0 Å². The summed E-state index contributed by atoms with van der Waals surface area (Å²) < 4.78 is 0. The summed E-state index contributed by atoms with van der Waals surface area (Å²) in [7, 11) is 0. The van der Waals surface area contributed by atoms with Gasteiger partial charge in [-0.1, -0.05) is 20.8 Å². The molecule has 4 N–H and O–H groups in total. The highest BCUT2D eigenvalue weighted by molar-refractivity contribution is 5.68. The molecule has 0 aliphatic carbocycles. The summed E-state index contributed by atoms with van der Waals surface area (Å²) in [6, 6.07) is 0. The van der Waals surface area contributed by atoms with E-state index in [2.05, 4.69) is 41.5 Å². The van der Waals surface area contributed by atoms with Gasteiger partial charge in [-0.2, -0.15) is 0 Å². The summed E-state index contributed by atoms with van der Waals surface area (Å²) in [6.45, 7) is 6.87. The minimum absolute atomic E-state index is 0.00624. The first-order valence-electron chi connectivity index (χ1n) is 5.55. The summed E-state index contributed by atoms with van der Waals surface area (Å²) in [4.78, 5) is 18.0. The van der Waals surface area contributed by atoms with E-state index in [1.165, 1.54) is 6.33 Å². The van der Waals surface area contributed by atoms with Crippen LogP contribution in [-0.4, -0.2) is 21.4 Å². The maximum atomic E-state index is 11.0. The lowest BCUT2D eigenvalue weighted by molar-refractivity contribution is -0.383. The fourth-order valence-corrected chi connectivity index (χ4v) is 1.34. The van der Waals surface area contributed by atoms with Crippen molar-refractivity contribution in [3.05, 3.63) is 16.4 Å². The Hall–Kier alpha value is -1.96. The minimum Gasteiger partial charge on any atom is -0.364 e. The number of rotatable bonds is 5. The molecular formula is C10H18N6O2. The minimum atomic E-state index is -0.561. The van der Waals surface area contributed by atoms with E-state index in [4.69, 9.17) is 5.84 Å². The Morgan fingerprint density at radius 3 is 2.50 bits per heavy atom. The van der Waals surface area contributed by atoms with Crippen molar-refractivity contribution in [1.29, 1.82) is 0 Å². The van der Waals surface area contributed by atoms with Crippen LogP contribution in [0.25, 0.3) is 0 Å². The van der Waals surface area contributed by atoms with E-state index >= 15 is 0 Å². The maximum absolute atomic E-state index is 11.0. The Morgan fingerprint density at radius 2 is 2.00 bits per heavy atom. The first kappa shape index (κ1) is 14.1. The molecule has 8 heteroatoms. The van der Waals surface area contributed by atoms with E-state index in [0.717, 1.165) is 6.42 Å². The van der Waals surface area contributed by atoms with Crippen molar-refractivity contribution in [3.63, 3.8) is 0 Å². The highest BCUT2D eigenvalue weighted by Crippen LogP contribution is 2.28. The lowest BCUT2D eigenvalue weighted by Crippen LogP contribution is -2.16. The standard InChI is InChI=1S/C10H18N6O2/c1-10(2,3)4-5-12-8-7(16(17)18)9(15-11)14-6-13-8/h6H,4-5,11H2,1-3H3,(H2,12,13,14,15). The highest BCUT2D eigenvalue weighted by atomic mass is 16.6.